The third-order valence-corrected chi connectivity index (χ3v) is 5.07. The Bertz CT molecular complexity index is 932. The standard InChI is InChI=1S/C22H24N4O/c1-16(23-14-20-15-24-21-11-6-12-26(20)21)18-9-5-10-19(13-18)25-22(27)17-7-3-2-4-8-17/h2-5,7-10,13,15-16,23H,6,11-12,14H2,1H3,(H,25,27)/t16-/m1/s1. The topological polar surface area (TPSA) is 59.0 Å². The van der Waals surface area contributed by atoms with Gasteiger partial charge in [-0.3, -0.25) is 4.79 Å². The maximum Gasteiger partial charge on any atom is 0.255 e. The molecule has 4 rings (SSSR count). The maximum absolute atomic E-state index is 12.3. The van der Waals surface area contributed by atoms with E-state index in [1.54, 1.807) is 0 Å². The average Bonchev–Trinajstić information content (AvgIpc) is 3.31. The first kappa shape index (κ1) is 17.5. The molecule has 1 aromatic heterocycles. The van der Waals surface area contributed by atoms with Crippen molar-refractivity contribution in [2.75, 3.05) is 5.32 Å². The van der Waals surface area contributed by atoms with Gasteiger partial charge in [-0.25, -0.2) is 4.98 Å². The number of carbonyl (C=O) groups is 1. The summed E-state index contributed by atoms with van der Waals surface area (Å²) in [6, 6.07) is 17.4. The molecule has 1 aliphatic rings. The van der Waals surface area contributed by atoms with Crippen molar-refractivity contribution >= 4 is 11.6 Å². The summed E-state index contributed by atoms with van der Waals surface area (Å²) in [5.41, 5.74) is 3.84. The molecule has 3 aromatic rings. The van der Waals surface area contributed by atoms with Gasteiger partial charge < -0.3 is 15.2 Å². The first-order valence-corrected chi connectivity index (χ1v) is 9.44. The van der Waals surface area contributed by atoms with Gasteiger partial charge in [0.25, 0.3) is 5.91 Å². The Kier molecular flexibility index (Phi) is 5.03. The minimum atomic E-state index is -0.0943. The Morgan fingerprint density at radius 1 is 1.19 bits per heavy atom. The lowest BCUT2D eigenvalue weighted by atomic mass is 10.1. The Labute approximate surface area is 159 Å². The number of rotatable bonds is 6. The minimum absolute atomic E-state index is 0.0943. The van der Waals surface area contributed by atoms with Crippen molar-refractivity contribution in [3.63, 3.8) is 0 Å². The third kappa shape index (κ3) is 3.93. The largest absolute Gasteiger partial charge is 0.331 e. The number of carbonyl (C=O) groups excluding carboxylic acids is 1. The van der Waals surface area contributed by atoms with E-state index < -0.39 is 0 Å². The van der Waals surface area contributed by atoms with E-state index in [0.717, 1.165) is 30.8 Å². The lowest BCUT2D eigenvalue weighted by Gasteiger charge is -2.16. The molecule has 2 heterocycles. The summed E-state index contributed by atoms with van der Waals surface area (Å²) in [5, 5.41) is 6.55. The number of anilines is 1. The molecule has 27 heavy (non-hydrogen) atoms. The highest BCUT2D eigenvalue weighted by atomic mass is 16.1. The predicted molar refractivity (Wildman–Crippen MR) is 107 cm³/mol. The van der Waals surface area contributed by atoms with Crippen molar-refractivity contribution in [2.45, 2.75) is 38.9 Å². The number of benzene rings is 2. The number of imidazole rings is 1. The molecule has 0 radical (unpaired) electrons. The zero-order chi connectivity index (χ0) is 18.6. The molecule has 1 amide bonds. The number of aryl methyl sites for hydroxylation is 1. The van der Waals surface area contributed by atoms with Crippen LogP contribution in [0.5, 0.6) is 0 Å². The van der Waals surface area contributed by atoms with Gasteiger partial charge in [-0.1, -0.05) is 30.3 Å². The van der Waals surface area contributed by atoms with Gasteiger partial charge in [0.1, 0.15) is 5.82 Å². The summed E-state index contributed by atoms with van der Waals surface area (Å²) in [6.45, 7) is 4.00. The van der Waals surface area contributed by atoms with Crippen molar-refractivity contribution < 1.29 is 4.79 Å². The molecular formula is C22H24N4O. The Hall–Kier alpha value is -2.92. The van der Waals surface area contributed by atoms with Gasteiger partial charge in [-0.2, -0.15) is 0 Å². The molecule has 0 bridgehead atoms. The van der Waals surface area contributed by atoms with Gasteiger partial charge in [0, 0.05) is 43.0 Å². The van der Waals surface area contributed by atoms with Crippen LogP contribution in [0.1, 0.15) is 46.8 Å². The van der Waals surface area contributed by atoms with E-state index >= 15 is 0 Å². The number of hydrogen-bond acceptors (Lipinski definition) is 3. The van der Waals surface area contributed by atoms with E-state index in [9.17, 15) is 4.79 Å². The zero-order valence-electron chi connectivity index (χ0n) is 15.5. The molecule has 1 atom stereocenters. The van der Waals surface area contributed by atoms with Crippen LogP contribution in [0.4, 0.5) is 5.69 Å². The second kappa shape index (κ2) is 7.76. The Morgan fingerprint density at radius 2 is 2.04 bits per heavy atom. The zero-order valence-corrected chi connectivity index (χ0v) is 15.5. The predicted octanol–water partition coefficient (Wildman–Crippen LogP) is 3.93. The van der Waals surface area contributed by atoms with Crippen LogP contribution in [-0.4, -0.2) is 15.5 Å². The van der Waals surface area contributed by atoms with E-state index in [1.165, 1.54) is 17.9 Å². The van der Waals surface area contributed by atoms with Crippen molar-refractivity contribution in [3.05, 3.63) is 83.4 Å². The highest BCUT2D eigenvalue weighted by molar-refractivity contribution is 6.04. The van der Waals surface area contributed by atoms with Gasteiger partial charge in [0.15, 0.2) is 0 Å². The van der Waals surface area contributed by atoms with Gasteiger partial charge in [-0.15, -0.1) is 0 Å². The lowest BCUT2D eigenvalue weighted by molar-refractivity contribution is 0.102. The molecule has 0 fully saturated rings. The second-order valence-electron chi connectivity index (χ2n) is 6.97. The molecule has 0 aliphatic carbocycles. The summed E-state index contributed by atoms with van der Waals surface area (Å²) in [4.78, 5) is 16.8. The third-order valence-electron chi connectivity index (χ3n) is 5.07. The van der Waals surface area contributed by atoms with E-state index in [0.29, 0.717) is 5.56 Å². The van der Waals surface area contributed by atoms with Crippen molar-refractivity contribution in [1.29, 1.82) is 0 Å². The molecule has 0 unspecified atom stereocenters. The van der Waals surface area contributed by atoms with Crippen LogP contribution >= 0.6 is 0 Å². The van der Waals surface area contributed by atoms with Gasteiger partial charge >= 0.3 is 0 Å². The molecule has 2 N–H and O–H groups in total. The SMILES string of the molecule is C[C@@H](NCc1cnc2n1CCC2)c1cccc(NC(=O)c2ccccc2)c1. The summed E-state index contributed by atoms with van der Waals surface area (Å²) >= 11 is 0. The Morgan fingerprint density at radius 3 is 2.89 bits per heavy atom. The molecule has 5 nitrogen and oxygen atoms in total. The quantitative estimate of drug-likeness (QED) is 0.700. The van der Waals surface area contributed by atoms with E-state index in [1.807, 2.05) is 54.7 Å². The number of aromatic nitrogens is 2. The molecule has 0 saturated heterocycles. The molecular weight excluding hydrogens is 336 g/mol. The molecule has 1 aliphatic heterocycles. The summed E-state index contributed by atoms with van der Waals surface area (Å²) in [5.74, 6) is 1.10. The normalized spacial score (nSPS) is 14.0. The molecule has 5 heteroatoms. The molecule has 0 spiro atoms. The maximum atomic E-state index is 12.3. The van der Waals surface area contributed by atoms with E-state index in [2.05, 4.69) is 33.2 Å². The fourth-order valence-electron chi connectivity index (χ4n) is 3.52. The first-order chi connectivity index (χ1) is 13.2. The van der Waals surface area contributed by atoms with E-state index in [-0.39, 0.29) is 11.9 Å². The molecule has 2 aromatic carbocycles. The number of fused-ring (bicyclic) bond motifs is 1. The summed E-state index contributed by atoms with van der Waals surface area (Å²) in [7, 11) is 0. The monoisotopic (exact) mass is 360 g/mol. The lowest BCUT2D eigenvalue weighted by Crippen LogP contribution is -2.20. The number of hydrogen-bond donors (Lipinski definition) is 2. The highest BCUT2D eigenvalue weighted by Gasteiger charge is 2.16. The van der Waals surface area contributed by atoms with Crippen LogP contribution in [0, 0.1) is 0 Å². The minimum Gasteiger partial charge on any atom is -0.331 e. The van der Waals surface area contributed by atoms with Crippen LogP contribution in [0.15, 0.2) is 60.8 Å². The van der Waals surface area contributed by atoms with Crippen molar-refractivity contribution in [1.82, 2.24) is 14.9 Å². The molecule has 0 saturated carbocycles. The smallest absolute Gasteiger partial charge is 0.255 e. The average molecular weight is 360 g/mol. The van der Waals surface area contributed by atoms with Gasteiger partial charge in [0.05, 0.1) is 5.69 Å². The second-order valence-corrected chi connectivity index (χ2v) is 6.97. The first-order valence-electron chi connectivity index (χ1n) is 9.44. The number of amides is 1. The van der Waals surface area contributed by atoms with Gasteiger partial charge in [0.2, 0.25) is 0 Å². The fraction of sp³-hybridized carbons (Fsp3) is 0.273. The van der Waals surface area contributed by atoms with Crippen LogP contribution in [0.25, 0.3) is 0 Å². The van der Waals surface area contributed by atoms with Crippen molar-refractivity contribution in [2.24, 2.45) is 0 Å². The summed E-state index contributed by atoms with van der Waals surface area (Å²) < 4.78 is 2.32. The highest BCUT2D eigenvalue weighted by Crippen LogP contribution is 2.20. The van der Waals surface area contributed by atoms with Crippen LogP contribution < -0.4 is 10.6 Å². The van der Waals surface area contributed by atoms with Crippen LogP contribution in [0.3, 0.4) is 0 Å². The van der Waals surface area contributed by atoms with Crippen molar-refractivity contribution in [3.8, 4) is 0 Å². The fourth-order valence-corrected chi connectivity index (χ4v) is 3.52. The molecule has 138 valence electrons. The number of nitrogens with one attached hydrogen (secondary N) is 2. The number of nitrogens with zero attached hydrogens (tertiary/aromatic N) is 2. The summed E-state index contributed by atoms with van der Waals surface area (Å²) in [6.07, 6.45) is 4.25. The van der Waals surface area contributed by atoms with Gasteiger partial charge in [-0.05, 0) is 43.2 Å². The van der Waals surface area contributed by atoms with Crippen LogP contribution in [-0.2, 0) is 19.5 Å². The van der Waals surface area contributed by atoms with E-state index in [4.69, 9.17) is 0 Å². The Balaban J connectivity index is 1.40. The van der Waals surface area contributed by atoms with Crippen LogP contribution in [0.2, 0.25) is 0 Å².